The van der Waals surface area contributed by atoms with Crippen LogP contribution in [0.1, 0.15) is 21.9 Å². The van der Waals surface area contributed by atoms with E-state index in [1.165, 1.54) is 4.52 Å². The van der Waals surface area contributed by atoms with Crippen molar-refractivity contribution in [3.63, 3.8) is 0 Å². The van der Waals surface area contributed by atoms with Crippen molar-refractivity contribution in [1.29, 1.82) is 0 Å². The van der Waals surface area contributed by atoms with Crippen LogP contribution in [0.15, 0.2) is 27.5 Å². The Morgan fingerprint density at radius 1 is 1.45 bits per heavy atom. The number of anilines is 1. The number of aromatic nitrogens is 4. The van der Waals surface area contributed by atoms with Crippen LogP contribution in [0, 0.1) is 13.8 Å². The Hall–Kier alpha value is -2.22. The zero-order chi connectivity index (χ0) is 14.3. The van der Waals surface area contributed by atoms with Crippen LogP contribution in [-0.2, 0) is 0 Å². The number of hydrogen-bond acceptors (Lipinski definition) is 5. The maximum absolute atomic E-state index is 12.3. The SMILES string of the molecule is Cc1noc(C)c1NC(=O)c1nn2cccnc2c1Br. The van der Waals surface area contributed by atoms with Crippen molar-refractivity contribution >= 4 is 33.2 Å². The van der Waals surface area contributed by atoms with E-state index in [2.05, 4.69) is 36.5 Å². The summed E-state index contributed by atoms with van der Waals surface area (Å²) in [5.74, 6) is 0.200. The predicted molar refractivity (Wildman–Crippen MR) is 74.6 cm³/mol. The van der Waals surface area contributed by atoms with Crippen molar-refractivity contribution in [2.75, 3.05) is 5.32 Å². The van der Waals surface area contributed by atoms with Crippen molar-refractivity contribution in [2.45, 2.75) is 13.8 Å². The Kier molecular flexibility index (Phi) is 3.01. The fourth-order valence-corrected chi connectivity index (χ4v) is 2.38. The molecule has 0 aliphatic carbocycles. The van der Waals surface area contributed by atoms with E-state index in [9.17, 15) is 4.79 Å². The van der Waals surface area contributed by atoms with Gasteiger partial charge in [-0.2, -0.15) is 5.10 Å². The molecule has 0 aliphatic heterocycles. The first-order chi connectivity index (χ1) is 9.58. The van der Waals surface area contributed by atoms with Gasteiger partial charge in [-0.1, -0.05) is 5.16 Å². The molecule has 3 rings (SSSR count). The van der Waals surface area contributed by atoms with Crippen LogP contribution in [0.5, 0.6) is 0 Å². The van der Waals surface area contributed by atoms with Gasteiger partial charge in [0, 0.05) is 12.4 Å². The van der Waals surface area contributed by atoms with Gasteiger partial charge >= 0.3 is 0 Å². The molecule has 1 N–H and O–H groups in total. The van der Waals surface area contributed by atoms with E-state index in [-0.39, 0.29) is 11.6 Å². The van der Waals surface area contributed by atoms with Crippen molar-refractivity contribution in [3.05, 3.63) is 40.1 Å². The van der Waals surface area contributed by atoms with Crippen LogP contribution in [-0.4, -0.2) is 25.7 Å². The summed E-state index contributed by atoms with van der Waals surface area (Å²) in [4.78, 5) is 16.5. The zero-order valence-electron chi connectivity index (χ0n) is 10.7. The van der Waals surface area contributed by atoms with E-state index in [0.717, 1.165) is 0 Å². The molecule has 3 aromatic heterocycles. The van der Waals surface area contributed by atoms with Crippen LogP contribution < -0.4 is 5.32 Å². The molecule has 0 unspecified atom stereocenters. The van der Waals surface area contributed by atoms with Gasteiger partial charge < -0.3 is 9.84 Å². The van der Waals surface area contributed by atoms with Gasteiger partial charge in [-0.25, -0.2) is 9.50 Å². The van der Waals surface area contributed by atoms with Crippen molar-refractivity contribution in [2.24, 2.45) is 0 Å². The van der Waals surface area contributed by atoms with Gasteiger partial charge in [0.1, 0.15) is 11.4 Å². The van der Waals surface area contributed by atoms with Gasteiger partial charge in [-0.15, -0.1) is 0 Å². The molecule has 7 nitrogen and oxygen atoms in total. The van der Waals surface area contributed by atoms with Crippen LogP contribution in [0.3, 0.4) is 0 Å². The number of carbonyl (C=O) groups is 1. The summed E-state index contributed by atoms with van der Waals surface area (Å²) in [6.45, 7) is 3.49. The summed E-state index contributed by atoms with van der Waals surface area (Å²) in [6.07, 6.45) is 3.36. The third kappa shape index (κ3) is 1.97. The molecule has 8 heteroatoms. The molecule has 0 radical (unpaired) electrons. The van der Waals surface area contributed by atoms with Crippen LogP contribution in [0.2, 0.25) is 0 Å². The van der Waals surface area contributed by atoms with Crippen molar-refractivity contribution in [1.82, 2.24) is 19.8 Å². The molecular formula is C12H10BrN5O2. The Morgan fingerprint density at radius 2 is 2.25 bits per heavy atom. The minimum Gasteiger partial charge on any atom is -0.359 e. The maximum Gasteiger partial charge on any atom is 0.277 e. The molecule has 0 aromatic carbocycles. The number of halogens is 1. The molecule has 102 valence electrons. The molecule has 20 heavy (non-hydrogen) atoms. The van der Waals surface area contributed by atoms with E-state index in [0.29, 0.717) is 27.3 Å². The highest BCUT2D eigenvalue weighted by molar-refractivity contribution is 9.10. The Morgan fingerprint density at radius 3 is 2.90 bits per heavy atom. The largest absolute Gasteiger partial charge is 0.359 e. The fraction of sp³-hybridized carbons (Fsp3) is 0.167. The molecule has 3 heterocycles. The lowest BCUT2D eigenvalue weighted by Crippen LogP contribution is -2.14. The second kappa shape index (κ2) is 4.71. The van der Waals surface area contributed by atoms with E-state index in [1.807, 2.05) is 0 Å². The first-order valence-corrected chi connectivity index (χ1v) is 6.60. The van der Waals surface area contributed by atoms with Gasteiger partial charge in [-0.05, 0) is 35.8 Å². The average molecular weight is 336 g/mol. The first-order valence-electron chi connectivity index (χ1n) is 5.81. The monoisotopic (exact) mass is 335 g/mol. The molecule has 0 saturated carbocycles. The fourth-order valence-electron chi connectivity index (χ4n) is 1.84. The quantitative estimate of drug-likeness (QED) is 0.776. The summed E-state index contributed by atoms with van der Waals surface area (Å²) in [5, 5.41) is 10.7. The minimum absolute atomic E-state index is 0.253. The number of nitrogens with zero attached hydrogens (tertiary/aromatic N) is 4. The highest BCUT2D eigenvalue weighted by atomic mass is 79.9. The lowest BCUT2D eigenvalue weighted by Gasteiger charge is -2.01. The van der Waals surface area contributed by atoms with Crippen molar-refractivity contribution < 1.29 is 9.32 Å². The molecule has 0 aliphatic rings. The smallest absolute Gasteiger partial charge is 0.277 e. The third-order valence-corrected chi connectivity index (χ3v) is 3.56. The van der Waals surface area contributed by atoms with Crippen molar-refractivity contribution in [3.8, 4) is 0 Å². The predicted octanol–water partition coefficient (Wildman–Crippen LogP) is 2.35. The summed E-state index contributed by atoms with van der Waals surface area (Å²) in [7, 11) is 0. The molecule has 0 fully saturated rings. The number of hydrogen-bond donors (Lipinski definition) is 1. The molecule has 0 atom stereocenters. The first kappa shape index (κ1) is 12.8. The number of amides is 1. The highest BCUT2D eigenvalue weighted by Crippen LogP contribution is 2.24. The van der Waals surface area contributed by atoms with E-state index in [4.69, 9.17) is 4.52 Å². The number of fused-ring (bicyclic) bond motifs is 1. The number of carbonyl (C=O) groups excluding carboxylic acids is 1. The summed E-state index contributed by atoms with van der Waals surface area (Å²) < 4.78 is 7.08. The second-order valence-corrected chi connectivity index (χ2v) is 5.00. The van der Waals surface area contributed by atoms with Gasteiger partial charge in [0.05, 0.1) is 4.47 Å². The van der Waals surface area contributed by atoms with Crippen LogP contribution in [0.25, 0.3) is 5.65 Å². The van der Waals surface area contributed by atoms with Gasteiger partial charge in [0.2, 0.25) is 0 Å². The molecular weight excluding hydrogens is 326 g/mol. The van der Waals surface area contributed by atoms with Crippen LogP contribution in [0.4, 0.5) is 5.69 Å². The molecule has 3 aromatic rings. The third-order valence-electron chi connectivity index (χ3n) is 2.83. The lowest BCUT2D eigenvalue weighted by molar-refractivity contribution is 0.102. The molecule has 0 spiro atoms. The zero-order valence-corrected chi connectivity index (χ0v) is 12.3. The maximum atomic E-state index is 12.3. The lowest BCUT2D eigenvalue weighted by atomic mass is 10.3. The van der Waals surface area contributed by atoms with Gasteiger partial charge in [-0.3, -0.25) is 4.79 Å². The minimum atomic E-state index is -0.350. The Labute approximate surface area is 122 Å². The molecule has 0 bridgehead atoms. The highest BCUT2D eigenvalue weighted by Gasteiger charge is 2.20. The second-order valence-electron chi connectivity index (χ2n) is 4.20. The Bertz CT molecular complexity index is 788. The summed E-state index contributed by atoms with van der Waals surface area (Å²) >= 11 is 3.35. The summed E-state index contributed by atoms with van der Waals surface area (Å²) in [5.41, 5.74) is 2.01. The summed E-state index contributed by atoms with van der Waals surface area (Å²) in [6, 6.07) is 1.74. The number of aryl methyl sites for hydroxylation is 2. The standard InChI is InChI=1S/C12H10BrN5O2/c1-6-9(7(2)20-17-6)15-12(19)10-8(13)11-14-4-3-5-18(11)16-10/h3-5H,1-2H3,(H,15,19). The number of nitrogens with one attached hydrogen (secondary N) is 1. The van der Waals surface area contributed by atoms with Gasteiger partial charge in [0.15, 0.2) is 17.1 Å². The van der Waals surface area contributed by atoms with Crippen LogP contribution >= 0.6 is 15.9 Å². The van der Waals surface area contributed by atoms with E-state index < -0.39 is 0 Å². The van der Waals surface area contributed by atoms with E-state index in [1.54, 1.807) is 32.3 Å². The molecule has 1 amide bonds. The average Bonchev–Trinajstić information content (AvgIpc) is 2.94. The normalized spacial score (nSPS) is 10.9. The van der Waals surface area contributed by atoms with E-state index >= 15 is 0 Å². The Balaban J connectivity index is 1.99. The van der Waals surface area contributed by atoms with Gasteiger partial charge in [0.25, 0.3) is 5.91 Å². The molecule has 0 saturated heterocycles. The number of rotatable bonds is 2. The topological polar surface area (TPSA) is 85.3 Å².